The number of anilines is 1. The molecule has 1 aromatic carbocycles. The van der Waals surface area contributed by atoms with E-state index >= 15 is 0 Å². The summed E-state index contributed by atoms with van der Waals surface area (Å²) >= 11 is 0. The molecule has 2 amide bonds. The topological polar surface area (TPSA) is 51.3 Å². The van der Waals surface area contributed by atoms with E-state index in [1.807, 2.05) is 30.0 Å². The van der Waals surface area contributed by atoms with Gasteiger partial charge in [0, 0.05) is 58.9 Å². The number of nitrogens with zero attached hydrogens (tertiary/aromatic N) is 4. The van der Waals surface area contributed by atoms with Crippen LogP contribution in [0.3, 0.4) is 0 Å². The molecule has 7 nitrogen and oxygen atoms in total. The molecule has 0 spiro atoms. The molecule has 0 aliphatic carbocycles. The summed E-state index contributed by atoms with van der Waals surface area (Å²) < 4.78 is 5.74. The van der Waals surface area contributed by atoms with Crippen molar-refractivity contribution in [2.24, 2.45) is 0 Å². The van der Waals surface area contributed by atoms with Gasteiger partial charge in [-0.15, -0.1) is 0 Å². The van der Waals surface area contributed by atoms with Crippen molar-refractivity contribution in [3.63, 3.8) is 0 Å². The summed E-state index contributed by atoms with van der Waals surface area (Å²) in [5.41, 5.74) is 1.12. The van der Waals surface area contributed by atoms with Gasteiger partial charge < -0.3 is 29.7 Å². The van der Waals surface area contributed by atoms with Crippen LogP contribution in [0.25, 0.3) is 0 Å². The quantitative estimate of drug-likeness (QED) is 0.717. The van der Waals surface area contributed by atoms with Gasteiger partial charge in [0.25, 0.3) is 0 Å². The molecule has 28 heavy (non-hydrogen) atoms. The van der Waals surface area contributed by atoms with E-state index in [1.165, 1.54) is 0 Å². The van der Waals surface area contributed by atoms with E-state index in [0.29, 0.717) is 6.61 Å². The third-order valence-corrected chi connectivity index (χ3v) is 5.60. The zero-order valence-electron chi connectivity index (χ0n) is 17.4. The first-order valence-corrected chi connectivity index (χ1v) is 10.6. The highest BCUT2D eigenvalue weighted by molar-refractivity contribution is 5.74. The van der Waals surface area contributed by atoms with Gasteiger partial charge in [-0.1, -0.05) is 12.1 Å². The monoisotopic (exact) mass is 389 g/mol. The average molecular weight is 390 g/mol. The van der Waals surface area contributed by atoms with E-state index in [0.717, 1.165) is 83.3 Å². The van der Waals surface area contributed by atoms with E-state index < -0.39 is 0 Å². The SMILES string of the molecule is CCOc1ccccc1N1CCN(C(=O)NCCCN2CCN(C)CC2)CC1. The first kappa shape index (κ1) is 20.7. The third kappa shape index (κ3) is 5.75. The molecule has 0 saturated carbocycles. The summed E-state index contributed by atoms with van der Waals surface area (Å²) in [6, 6.07) is 8.21. The second kappa shape index (κ2) is 10.5. The highest BCUT2D eigenvalue weighted by Gasteiger charge is 2.22. The summed E-state index contributed by atoms with van der Waals surface area (Å²) in [4.78, 5) is 21.5. The summed E-state index contributed by atoms with van der Waals surface area (Å²) in [5.74, 6) is 0.923. The van der Waals surface area contributed by atoms with Crippen molar-refractivity contribution >= 4 is 11.7 Å². The van der Waals surface area contributed by atoms with E-state index in [9.17, 15) is 4.79 Å². The number of nitrogens with one attached hydrogen (secondary N) is 1. The standard InChI is InChI=1S/C21H35N5O2/c1-3-28-20-8-5-4-7-19(20)25-15-17-26(18-16-25)21(27)22-9-6-10-24-13-11-23(2)12-14-24/h4-5,7-8H,3,6,9-18H2,1-2H3,(H,22,27). The van der Waals surface area contributed by atoms with Gasteiger partial charge in [-0.05, 0) is 39.1 Å². The fourth-order valence-corrected chi connectivity index (χ4v) is 3.83. The van der Waals surface area contributed by atoms with Crippen molar-refractivity contribution in [1.82, 2.24) is 20.0 Å². The number of hydrogen-bond acceptors (Lipinski definition) is 5. The highest BCUT2D eigenvalue weighted by atomic mass is 16.5. The molecular formula is C21H35N5O2. The Morgan fingerprint density at radius 2 is 1.75 bits per heavy atom. The van der Waals surface area contributed by atoms with Crippen molar-refractivity contribution in [2.75, 3.05) is 84.0 Å². The molecule has 3 rings (SSSR count). The van der Waals surface area contributed by atoms with Gasteiger partial charge in [0.05, 0.1) is 12.3 Å². The van der Waals surface area contributed by atoms with Crippen LogP contribution in [0.4, 0.5) is 10.5 Å². The van der Waals surface area contributed by atoms with Gasteiger partial charge in [0.1, 0.15) is 5.75 Å². The maximum Gasteiger partial charge on any atom is 0.317 e. The number of hydrogen-bond donors (Lipinski definition) is 1. The largest absolute Gasteiger partial charge is 0.492 e. The molecule has 7 heteroatoms. The van der Waals surface area contributed by atoms with E-state index in [-0.39, 0.29) is 6.03 Å². The summed E-state index contributed by atoms with van der Waals surface area (Å²) in [6.07, 6.45) is 1.01. The lowest BCUT2D eigenvalue weighted by Crippen LogP contribution is -2.52. The maximum absolute atomic E-state index is 12.5. The molecule has 1 aromatic rings. The number of benzene rings is 1. The van der Waals surface area contributed by atoms with Gasteiger partial charge in [-0.3, -0.25) is 0 Å². The molecule has 0 unspecified atom stereocenters. The van der Waals surface area contributed by atoms with Crippen LogP contribution in [0.1, 0.15) is 13.3 Å². The molecule has 0 atom stereocenters. The number of ether oxygens (including phenoxy) is 1. The van der Waals surface area contributed by atoms with Crippen molar-refractivity contribution in [1.29, 1.82) is 0 Å². The van der Waals surface area contributed by atoms with Crippen LogP contribution in [0.5, 0.6) is 5.75 Å². The number of urea groups is 1. The van der Waals surface area contributed by atoms with Crippen LogP contribution < -0.4 is 15.0 Å². The minimum absolute atomic E-state index is 0.0659. The van der Waals surface area contributed by atoms with E-state index in [4.69, 9.17) is 4.74 Å². The number of amides is 2. The molecule has 0 bridgehead atoms. The van der Waals surface area contributed by atoms with E-state index in [2.05, 4.69) is 33.1 Å². The van der Waals surface area contributed by atoms with Gasteiger partial charge >= 0.3 is 6.03 Å². The van der Waals surface area contributed by atoms with Gasteiger partial charge in [-0.25, -0.2) is 4.79 Å². The highest BCUT2D eigenvalue weighted by Crippen LogP contribution is 2.28. The zero-order chi connectivity index (χ0) is 19.8. The molecule has 1 N–H and O–H groups in total. The number of carbonyl (C=O) groups excluding carboxylic acids is 1. The Morgan fingerprint density at radius 1 is 1.04 bits per heavy atom. The molecule has 0 radical (unpaired) electrons. The number of rotatable bonds is 7. The number of likely N-dealkylation sites (N-methyl/N-ethyl adjacent to an activating group) is 1. The summed E-state index contributed by atoms with van der Waals surface area (Å²) in [6.45, 7) is 12.2. The minimum Gasteiger partial charge on any atom is -0.492 e. The molecule has 0 aromatic heterocycles. The van der Waals surface area contributed by atoms with Crippen molar-refractivity contribution in [3.8, 4) is 5.75 Å². The summed E-state index contributed by atoms with van der Waals surface area (Å²) in [5, 5.41) is 3.09. The molecule has 2 aliphatic rings. The van der Waals surface area contributed by atoms with Gasteiger partial charge in [-0.2, -0.15) is 0 Å². The fraction of sp³-hybridized carbons (Fsp3) is 0.667. The van der Waals surface area contributed by atoms with Crippen molar-refractivity contribution in [3.05, 3.63) is 24.3 Å². The Kier molecular flexibility index (Phi) is 7.80. The molecule has 2 aliphatic heterocycles. The molecule has 156 valence electrons. The molecule has 2 saturated heterocycles. The van der Waals surface area contributed by atoms with Crippen LogP contribution in [0, 0.1) is 0 Å². The Hall–Kier alpha value is -1.99. The first-order valence-electron chi connectivity index (χ1n) is 10.6. The lowest BCUT2D eigenvalue weighted by atomic mass is 10.2. The maximum atomic E-state index is 12.5. The third-order valence-electron chi connectivity index (χ3n) is 5.60. The van der Waals surface area contributed by atoms with Crippen LogP contribution in [0.2, 0.25) is 0 Å². The first-order chi connectivity index (χ1) is 13.7. The van der Waals surface area contributed by atoms with Crippen LogP contribution in [-0.2, 0) is 0 Å². The summed E-state index contributed by atoms with van der Waals surface area (Å²) in [7, 11) is 2.17. The average Bonchev–Trinajstić information content (AvgIpc) is 2.73. The van der Waals surface area contributed by atoms with Crippen molar-refractivity contribution < 1.29 is 9.53 Å². The lowest BCUT2D eigenvalue weighted by Gasteiger charge is -2.36. The lowest BCUT2D eigenvalue weighted by molar-refractivity contribution is 0.152. The predicted molar refractivity (Wildman–Crippen MR) is 113 cm³/mol. The Morgan fingerprint density at radius 3 is 2.46 bits per heavy atom. The van der Waals surface area contributed by atoms with Crippen molar-refractivity contribution in [2.45, 2.75) is 13.3 Å². The molecular weight excluding hydrogens is 354 g/mol. The second-order valence-electron chi connectivity index (χ2n) is 7.61. The Bertz CT molecular complexity index is 611. The number of para-hydroxylation sites is 2. The number of carbonyl (C=O) groups is 1. The normalized spacial score (nSPS) is 18.9. The second-order valence-corrected chi connectivity index (χ2v) is 7.61. The zero-order valence-corrected chi connectivity index (χ0v) is 17.4. The fourth-order valence-electron chi connectivity index (χ4n) is 3.83. The Balaban J connectivity index is 1.36. The smallest absolute Gasteiger partial charge is 0.317 e. The van der Waals surface area contributed by atoms with Gasteiger partial charge in [0.15, 0.2) is 0 Å². The molecule has 2 fully saturated rings. The molecule has 2 heterocycles. The van der Waals surface area contributed by atoms with Gasteiger partial charge in [0.2, 0.25) is 0 Å². The van der Waals surface area contributed by atoms with E-state index in [1.54, 1.807) is 0 Å². The van der Waals surface area contributed by atoms with Crippen LogP contribution in [0.15, 0.2) is 24.3 Å². The minimum atomic E-state index is 0.0659. The van der Waals surface area contributed by atoms with Crippen LogP contribution in [-0.4, -0.2) is 99.8 Å². The predicted octanol–water partition coefficient (Wildman–Crippen LogP) is 1.55. The number of piperazine rings is 2. The Labute approximate surface area is 169 Å². The van der Waals surface area contributed by atoms with Crippen LogP contribution >= 0.6 is 0 Å².